The first-order valence-corrected chi connectivity index (χ1v) is 14.1. The van der Waals surface area contributed by atoms with E-state index in [2.05, 4.69) is 13.2 Å². The van der Waals surface area contributed by atoms with E-state index in [1.807, 2.05) is 13.8 Å². The third-order valence-electron chi connectivity index (χ3n) is 6.28. The molecule has 0 aromatic heterocycles. The van der Waals surface area contributed by atoms with Crippen molar-refractivity contribution in [1.29, 1.82) is 0 Å². The zero-order valence-corrected chi connectivity index (χ0v) is 24.8. The molecule has 0 spiro atoms. The number of esters is 4. The van der Waals surface area contributed by atoms with Gasteiger partial charge in [0.15, 0.2) is 0 Å². The number of carbonyl (C=O) groups is 4. The van der Waals surface area contributed by atoms with Gasteiger partial charge in [-0.2, -0.15) is 0 Å². The lowest BCUT2D eigenvalue weighted by Crippen LogP contribution is -2.28. The Morgan fingerprint density at radius 3 is 1.66 bits per heavy atom. The molecule has 0 radical (unpaired) electrons. The van der Waals surface area contributed by atoms with E-state index in [4.69, 9.17) is 28.4 Å². The minimum Gasteiger partial charge on any atom is -0.493 e. The monoisotopic (exact) mass is 604 g/mol. The Hall–Kier alpha value is -5.12. The average Bonchev–Trinajstić information content (AvgIpc) is 3.02. The van der Waals surface area contributed by atoms with Gasteiger partial charge < -0.3 is 28.4 Å². The molecule has 0 amide bonds. The van der Waals surface area contributed by atoms with Crippen LogP contribution in [0.1, 0.15) is 47.4 Å². The van der Waals surface area contributed by atoms with Crippen molar-refractivity contribution in [2.24, 2.45) is 5.92 Å². The average molecular weight is 605 g/mol. The molecule has 0 aliphatic heterocycles. The van der Waals surface area contributed by atoms with Crippen molar-refractivity contribution in [3.63, 3.8) is 0 Å². The van der Waals surface area contributed by atoms with E-state index in [1.54, 1.807) is 60.7 Å². The summed E-state index contributed by atoms with van der Waals surface area (Å²) >= 11 is 0. The van der Waals surface area contributed by atoms with Crippen molar-refractivity contribution in [3.8, 4) is 11.5 Å². The largest absolute Gasteiger partial charge is 0.493 e. The van der Waals surface area contributed by atoms with Gasteiger partial charge in [0.25, 0.3) is 0 Å². The summed E-state index contributed by atoms with van der Waals surface area (Å²) < 4.78 is 32.3. The molecule has 44 heavy (non-hydrogen) atoms. The van der Waals surface area contributed by atoms with E-state index in [9.17, 15) is 19.2 Å². The summed E-state index contributed by atoms with van der Waals surface area (Å²) in [6, 6.07) is 13.1. The van der Waals surface area contributed by atoms with Crippen LogP contribution in [0.15, 0.2) is 97.3 Å². The van der Waals surface area contributed by atoms with Gasteiger partial charge in [-0.1, -0.05) is 20.1 Å². The van der Waals surface area contributed by atoms with Crippen LogP contribution < -0.4 is 9.47 Å². The number of allylic oxidation sites excluding steroid dienone is 1. The molecule has 0 N–H and O–H groups in total. The lowest BCUT2D eigenvalue weighted by molar-refractivity contribution is -0.138. The Bertz CT molecular complexity index is 1390. The van der Waals surface area contributed by atoms with Crippen LogP contribution in [0.2, 0.25) is 0 Å². The summed E-state index contributed by atoms with van der Waals surface area (Å²) in [5, 5.41) is 0. The number of hydrogen-bond donors (Lipinski definition) is 0. The molecule has 2 atom stereocenters. The molecule has 0 saturated heterocycles. The van der Waals surface area contributed by atoms with E-state index in [-0.39, 0.29) is 19.1 Å². The molecule has 0 saturated carbocycles. The van der Waals surface area contributed by atoms with Gasteiger partial charge >= 0.3 is 23.9 Å². The Kier molecular flexibility index (Phi) is 13.0. The Labute approximate surface area is 256 Å². The quantitative estimate of drug-likeness (QED) is 0.104. The molecule has 0 fully saturated rings. The van der Waals surface area contributed by atoms with Gasteiger partial charge in [0.1, 0.15) is 23.4 Å². The van der Waals surface area contributed by atoms with E-state index in [0.29, 0.717) is 54.4 Å². The number of ether oxygens (including phenoxy) is 6. The molecule has 2 aromatic carbocycles. The normalized spacial score (nSPS) is 15.5. The molecular formula is C34H36O10. The fourth-order valence-electron chi connectivity index (χ4n) is 4.06. The third-order valence-corrected chi connectivity index (χ3v) is 6.28. The summed E-state index contributed by atoms with van der Waals surface area (Å²) in [5.41, 5.74) is 1.44. The number of rotatable bonds is 16. The Morgan fingerprint density at radius 2 is 1.20 bits per heavy atom. The van der Waals surface area contributed by atoms with Crippen LogP contribution in [-0.4, -0.2) is 56.4 Å². The molecule has 2 unspecified atom stereocenters. The molecule has 1 aliphatic carbocycles. The molecule has 232 valence electrons. The fraction of sp³-hybridized carbons (Fsp3) is 0.294. The lowest BCUT2D eigenvalue weighted by atomic mass is 9.92. The maximum Gasteiger partial charge on any atom is 0.343 e. The highest BCUT2D eigenvalue weighted by atomic mass is 16.6. The SMILES string of the molecule is C=CC(=O)OCCCOc1ccc(C(=O)OC2=CC(C)C(OC(=O)c3ccc(OCCCOC(=O)C=C)cc3)C(C)=C2)cc1. The van der Waals surface area contributed by atoms with Gasteiger partial charge in [0, 0.05) is 30.9 Å². The predicted molar refractivity (Wildman–Crippen MR) is 161 cm³/mol. The Morgan fingerprint density at radius 1 is 0.727 bits per heavy atom. The second-order valence-electron chi connectivity index (χ2n) is 9.73. The number of carbonyl (C=O) groups excluding carboxylic acids is 4. The van der Waals surface area contributed by atoms with Gasteiger partial charge in [0.05, 0.1) is 37.6 Å². The Balaban J connectivity index is 1.45. The van der Waals surface area contributed by atoms with Crippen molar-refractivity contribution in [2.45, 2.75) is 32.8 Å². The summed E-state index contributed by atoms with van der Waals surface area (Å²) in [4.78, 5) is 47.6. The van der Waals surface area contributed by atoms with Gasteiger partial charge in [-0.3, -0.25) is 0 Å². The van der Waals surface area contributed by atoms with Crippen LogP contribution in [-0.2, 0) is 28.5 Å². The van der Waals surface area contributed by atoms with Gasteiger partial charge in [-0.05, 0) is 73.2 Å². The smallest absolute Gasteiger partial charge is 0.343 e. The summed E-state index contributed by atoms with van der Waals surface area (Å²) in [5.74, 6) is -0.741. The van der Waals surface area contributed by atoms with Crippen LogP contribution in [0, 0.1) is 5.92 Å². The van der Waals surface area contributed by atoms with Crippen molar-refractivity contribution in [3.05, 3.63) is 108 Å². The molecule has 0 heterocycles. The van der Waals surface area contributed by atoms with Crippen molar-refractivity contribution in [1.82, 2.24) is 0 Å². The second kappa shape index (κ2) is 17.1. The molecule has 0 bridgehead atoms. The summed E-state index contributed by atoms with van der Waals surface area (Å²) in [7, 11) is 0. The summed E-state index contributed by atoms with van der Waals surface area (Å²) in [6.07, 6.45) is 6.11. The molecule has 2 aromatic rings. The van der Waals surface area contributed by atoms with Crippen LogP contribution >= 0.6 is 0 Å². The van der Waals surface area contributed by atoms with Crippen LogP contribution in [0.5, 0.6) is 11.5 Å². The minimum atomic E-state index is -0.536. The predicted octanol–water partition coefficient (Wildman–Crippen LogP) is 5.55. The highest BCUT2D eigenvalue weighted by Crippen LogP contribution is 2.28. The second-order valence-corrected chi connectivity index (χ2v) is 9.73. The van der Waals surface area contributed by atoms with Crippen molar-refractivity contribution >= 4 is 23.9 Å². The molecule has 10 heteroatoms. The third kappa shape index (κ3) is 10.6. The van der Waals surface area contributed by atoms with Gasteiger partial charge in [-0.15, -0.1) is 0 Å². The van der Waals surface area contributed by atoms with Crippen LogP contribution in [0.3, 0.4) is 0 Å². The zero-order valence-electron chi connectivity index (χ0n) is 24.8. The first-order valence-electron chi connectivity index (χ1n) is 14.1. The van der Waals surface area contributed by atoms with Gasteiger partial charge in [-0.25, -0.2) is 19.2 Å². The van der Waals surface area contributed by atoms with E-state index >= 15 is 0 Å². The minimum absolute atomic E-state index is 0.221. The molecule has 1 aliphatic rings. The zero-order chi connectivity index (χ0) is 31.9. The van der Waals surface area contributed by atoms with E-state index in [1.165, 1.54) is 0 Å². The standard InChI is InChI=1S/C34H36O10/c1-5-30(35)41-19-7-17-39-27-13-9-25(10-14-27)33(37)43-29-21-23(3)32(24(4)22-29)44-34(38)26-11-15-28(16-12-26)40-18-8-20-42-31(36)6-2/h5-6,9-16,21-23,32H,1-2,7-8,17-20H2,3-4H3. The van der Waals surface area contributed by atoms with E-state index < -0.39 is 30.0 Å². The van der Waals surface area contributed by atoms with E-state index in [0.717, 1.165) is 17.7 Å². The van der Waals surface area contributed by atoms with Crippen LogP contribution in [0.4, 0.5) is 0 Å². The number of hydrogen-bond acceptors (Lipinski definition) is 10. The molecular weight excluding hydrogens is 568 g/mol. The maximum absolute atomic E-state index is 12.8. The molecule has 10 nitrogen and oxygen atoms in total. The van der Waals surface area contributed by atoms with Crippen molar-refractivity contribution < 1.29 is 47.6 Å². The first-order chi connectivity index (χ1) is 21.2. The first kappa shape index (κ1) is 33.4. The fourth-order valence-corrected chi connectivity index (χ4v) is 4.06. The highest BCUT2D eigenvalue weighted by molar-refractivity contribution is 5.91. The topological polar surface area (TPSA) is 124 Å². The maximum atomic E-state index is 12.8. The van der Waals surface area contributed by atoms with Crippen LogP contribution in [0.25, 0.3) is 0 Å². The lowest BCUT2D eigenvalue weighted by Gasteiger charge is -2.27. The summed E-state index contributed by atoms with van der Waals surface area (Å²) in [6.45, 7) is 11.5. The molecule has 3 rings (SSSR count). The van der Waals surface area contributed by atoms with Crippen molar-refractivity contribution in [2.75, 3.05) is 26.4 Å². The highest BCUT2D eigenvalue weighted by Gasteiger charge is 2.27. The number of benzene rings is 2. The van der Waals surface area contributed by atoms with Gasteiger partial charge in [0.2, 0.25) is 0 Å².